The van der Waals surface area contributed by atoms with Crippen molar-refractivity contribution < 1.29 is 4.79 Å². The second-order valence-corrected chi connectivity index (χ2v) is 3.78. The standard InChI is InChI=1S/C9H11IN2O/c1-2-9(13)12-11-8-5-3-4-7(10)6-8/h3-6,11H,2H2,1H3,(H,12,13). The van der Waals surface area contributed by atoms with E-state index in [1.807, 2.05) is 31.2 Å². The van der Waals surface area contributed by atoms with Gasteiger partial charge in [-0.25, -0.2) is 0 Å². The van der Waals surface area contributed by atoms with Gasteiger partial charge in [0.15, 0.2) is 0 Å². The number of anilines is 1. The second kappa shape index (κ2) is 5.06. The van der Waals surface area contributed by atoms with Crippen molar-refractivity contribution in [2.45, 2.75) is 13.3 Å². The van der Waals surface area contributed by atoms with E-state index in [0.29, 0.717) is 6.42 Å². The van der Waals surface area contributed by atoms with Crippen molar-refractivity contribution in [2.24, 2.45) is 0 Å². The highest BCUT2D eigenvalue weighted by molar-refractivity contribution is 14.1. The largest absolute Gasteiger partial charge is 0.299 e. The number of benzene rings is 1. The SMILES string of the molecule is CCC(=O)NNc1cccc(I)c1. The van der Waals surface area contributed by atoms with Crippen molar-refractivity contribution in [3.05, 3.63) is 27.8 Å². The van der Waals surface area contributed by atoms with Gasteiger partial charge in [0.05, 0.1) is 5.69 Å². The highest BCUT2D eigenvalue weighted by Gasteiger charge is 1.95. The molecule has 0 atom stereocenters. The van der Waals surface area contributed by atoms with Crippen LogP contribution in [0.1, 0.15) is 13.3 Å². The summed E-state index contributed by atoms with van der Waals surface area (Å²) in [4.78, 5) is 10.9. The summed E-state index contributed by atoms with van der Waals surface area (Å²) in [6.45, 7) is 1.81. The fourth-order valence-corrected chi connectivity index (χ4v) is 1.34. The molecule has 0 spiro atoms. The summed E-state index contributed by atoms with van der Waals surface area (Å²) < 4.78 is 1.13. The molecule has 0 bridgehead atoms. The zero-order valence-electron chi connectivity index (χ0n) is 7.30. The van der Waals surface area contributed by atoms with Gasteiger partial charge in [0.2, 0.25) is 5.91 Å². The van der Waals surface area contributed by atoms with Gasteiger partial charge >= 0.3 is 0 Å². The molecule has 0 saturated heterocycles. The molecule has 0 unspecified atom stereocenters. The first-order chi connectivity index (χ1) is 6.22. The number of hydrogen-bond donors (Lipinski definition) is 2. The zero-order chi connectivity index (χ0) is 9.68. The van der Waals surface area contributed by atoms with E-state index in [-0.39, 0.29) is 5.91 Å². The molecule has 0 heterocycles. The van der Waals surface area contributed by atoms with Crippen LogP contribution >= 0.6 is 22.6 Å². The summed E-state index contributed by atoms with van der Waals surface area (Å²) >= 11 is 2.22. The van der Waals surface area contributed by atoms with Gasteiger partial charge in [0, 0.05) is 9.99 Å². The third-order valence-corrected chi connectivity index (χ3v) is 2.16. The highest BCUT2D eigenvalue weighted by atomic mass is 127. The Morgan fingerprint density at radius 1 is 1.54 bits per heavy atom. The Morgan fingerprint density at radius 3 is 2.92 bits per heavy atom. The minimum absolute atomic E-state index is 0.0149. The molecule has 4 heteroatoms. The van der Waals surface area contributed by atoms with Gasteiger partial charge in [-0.15, -0.1) is 0 Å². The molecule has 0 aliphatic heterocycles. The average molecular weight is 290 g/mol. The van der Waals surface area contributed by atoms with Gasteiger partial charge in [-0.1, -0.05) is 13.0 Å². The Balaban J connectivity index is 2.50. The predicted octanol–water partition coefficient (Wildman–Crippen LogP) is 2.14. The number of halogens is 1. The summed E-state index contributed by atoms with van der Waals surface area (Å²) in [7, 11) is 0. The first-order valence-corrected chi connectivity index (χ1v) is 5.10. The van der Waals surface area contributed by atoms with Crippen LogP contribution in [0.3, 0.4) is 0 Å². The summed E-state index contributed by atoms with van der Waals surface area (Å²) in [5.41, 5.74) is 6.31. The fraction of sp³-hybridized carbons (Fsp3) is 0.222. The molecule has 2 N–H and O–H groups in total. The smallest absolute Gasteiger partial charge is 0.238 e. The molecule has 70 valence electrons. The molecule has 0 aromatic heterocycles. The van der Waals surface area contributed by atoms with E-state index < -0.39 is 0 Å². The van der Waals surface area contributed by atoms with Crippen LogP contribution in [0.25, 0.3) is 0 Å². The predicted molar refractivity (Wildman–Crippen MR) is 61.2 cm³/mol. The van der Waals surface area contributed by atoms with Crippen LogP contribution in [0.15, 0.2) is 24.3 Å². The highest BCUT2D eigenvalue weighted by Crippen LogP contribution is 2.10. The van der Waals surface area contributed by atoms with Gasteiger partial charge < -0.3 is 0 Å². The maximum absolute atomic E-state index is 10.9. The second-order valence-electron chi connectivity index (χ2n) is 2.54. The summed E-state index contributed by atoms with van der Waals surface area (Å²) in [5, 5.41) is 0. The lowest BCUT2D eigenvalue weighted by atomic mass is 10.3. The molecule has 1 aromatic rings. The summed E-state index contributed by atoms with van der Waals surface area (Å²) in [6.07, 6.45) is 0.483. The molecule has 0 saturated carbocycles. The lowest BCUT2D eigenvalue weighted by molar-refractivity contribution is -0.120. The van der Waals surface area contributed by atoms with E-state index in [1.54, 1.807) is 0 Å². The number of carbonyl (C=O) groups excluding carboxylic acids is 1. The van der Waals surface area contributed by atoms with Crippen LogP contribution in [-0.2, 0) is 4.79 Å². The minimum Gasteiger partial charge on any atom is -0.299 e. The maximum atomic E-state index is 10.9. The Bertz CT molecular complexity index is 301. The Kier molecular flexibility index (Phi) is 4.01. The van der Waals surface area contributed by atoms with Crippen LogP contribution in [0.2, 0.25) is 0 Å². The van der Waals surface area contributed by atoms with E-state index in [1.165, 1.54) is 0 Å². The number of rotatable bonds is 3. The topological polar surface area (TPSA) is 41.1 Å². The first-order valence-electron chi connectivity index (χ1n) is 4.03. The van der Waals surface area contributed by atoms with E-state index in [2.05, 4.69) is 33.4 Å². The normalized spacial score (nSPS) is 9.38. The maximum Gasteiger partial charge on any atom is 0.238 e. The Hall–Kier alpha value is -0.780. The van der Waals surface area contributed by atoms with Gasteiger partial charge in [0.25, 0.3) is 0 Å². The van der Waals surface area contributed by atoms with Crippen molar-refractivity contribution in [1.29, 1.82) is 0 Å². The molecular weight excluding hydrogens is 279 g/mol. The molecule has 0 fully saturated rings. The van der Waals surface area contributed by atoms with Crippen molar-refractivity contribution in [1.82, 2.24) is 5.43 Å². The molecule has 13 heavy (non-hydrogen) atoms. The van der Waals surface area contributed by atoms with E-state index >= 15 is 0 Å². The van der Waals surface area contributed by atoms with Gasteiger partial charge in [-0.05, 0) is 40.8 Å². The van der Waals surface area contributed by atoms with Crippen LogP contribution in [0, 0.1) is 3.57 Å². The lowest BCUT2D eigenvalue weighted by Gasteiger charge is -2.06. The van der Waals surface area contributed by atoms with Crippen LogP contribution < -0.4 is 10.9 Å². The Morgan fingerprint density at radius 2 is 2.31 bits per heavy atom. The molecule has 3 nitrogen and oxygen atoms in total. The van der Waals surface area contributed by atoms with Crippen molar-refractivity contribution in [2.75, 3.05) is 5.43 Å². The average Bonchev–Trinajstić information content (AvgIpc) is 2.14. The summed E-state index contributed by atoms with van der Waals surface area (Å²) in [5.74, 6) is -0.0149. The number of nitrogens with one attached hydrogen (secondary N) is 2. The minimum atomic E-state index is -0.0149. The van der Waals surface area contributed by atoms with Crippen molar-refractivity contribution in [3.8, 4) is 0 Å². The van der Waals surface area contributed by atoms with Crippen LogP contribution in [-0.4, -0.2) is 5.91 Å². The van der Waals surface area contributed by atoms with Crippen LogP contribution in [0.5, 0.6) is 0 Å². The zero-order valence-corrected chi connectivity index (χ0v) is 9.46. The monoisotopic (exact) mass is 290 g/mol. The van der Waals surface area contributed by atoms with Crippen LogP contribution in [0.4, 0.5) is 5.69 Å². The molecule has 1 rings (SSSR count). The number of amides is 1. The van der Waals surface area contributed by atoms with Gasteiger partial charge in [0.1, 0.15) is 0 Å². The van der Waals surface area contributed by atoms with E-state index in [0.717, 1.165) is 9.26 Å². The number of hydrogen-bond acceptors (Lipinski definition) is 2. The molecule has 0 aliphatic rings. The van der Waals surface area contributed by atoms with Crippen molar-refractivity contribution >= 4 is 34.2 Å². The van der Waals surface area contributed by atoms with Gasteiger partial charge in [-0.3, -0.25) is 15.6 Å². The van der Waals surface area contributed by atoms with Crippen molar-refractivity contribution in [3.63, 3.8) is 0 Å². The molecule has 0 radical (unpaired) electrons. The molecule has 0 aliphatic carbocycles. The molecule has 1 aromatic carbocycles. The summed E-state index contributed by atoms with van der Waals surface area (Å²) in [6, 6.07) is 7.78. The first kappa shape index (κ1) is 10.3. The van der Waals surface area contributed by atoms with E-state index in [9.17, 15) is 4.79 Å². The number of carbonyl (C=O) groups is 1. The Labute approximate surface area is 91.0 Å². The molecular formula is C9H11IN2O. The van der Waals surface area contributed by atoms with Gasteiger partial charge in [-0.2, -0.15) is 0 Å². The lowest BCUT2D eigenvalue weighted by Crippen LogP contribution is -2.28. The third-order valence-electron chi connectivity index (χ3n) is 1.49. The van der Waals surface area contributed by atoms with E-state index in [4.69, 9.17) is 0 Å². The third kappa shape index (κ3) is 3.63. The quantitative estimate of drug-likeness (QED) is 0.661. The number of hydrazine groups is 1. The fourth-order valence-electron chi connectivity index (χ4n) is 0.797. The molecule has 1 amide bonds.